The molecular weight excluding hydrogens is 204 g/mol. The Morgan fingerprint density at radius 2 is 2.21 bits per heavy atom. The summed E-state index contributed by atoms with van der Waals surface area (Å²) in [7, 11) is 0. The van der Waals surface area contributed by atoms with Crippen LogP contribution in [-0.4, -0.2) is 35.7 Å². The molecule has 4 nitrogen and oxygen atoms in total. The predicted molar refractivity (Wildman–Crippen MR) is 53.8 cm³/mol. The van der Waals surface area contributed by atoms with E-state index in [0.29, 0.717) is 18.8 Å². The molecule has 14 heavy (non-hydrogen) atoms. The highest BCUT2D eigenvalue weighted by Crippen LogP contribution is 2.16. The van der Waals surface area contributed by atoms with Crippen molar-refractivity contribution < 1.29 is 9.59 Å². The average molecular weight is 219 g/mol. The van der Waals surface area contributed by atoms with Crippen LogP contribution in [0.1, 0.15) is 19.3 Å². The summed E-state index contributed by atoms with van der Waals surface area (Å²) < 4.78 is 0. The maximum atomic E-state index is 11.5. The van der Waals surface area contributed by atoms with Gasteiger partial charge in [-0.3, -0.25) is 9.59 Å². The number of nitrogens with zero attached hydrogens (tertiary/aromatic N) is 1. The zero-order chi connectivity index (χ0) is 10.6. The number of amides is 2. The molecule has 1 fully saturated rings. The van der Waals surface area contributed by atoms with Crippen LogP contribution in [0.15, 0.2) is 0 Å². The van der Waals surface area contributed by atoms with Crippen LogP contribution in [0.2, 0.25) is 0 Å². The molecule has 0 bridgehead atoms. The van der Waals surface area contributed by atoms with E-state index in [1.54, 1.807) is 4.90 Å². The standard InChI is InChI=1S/C9H15ClN2O2/c10-4-3-8(13)12-5-1-2-7(6-12)9(11)14/h7H,1-6H2,(H2,11,14). The number of likely N-dealkylation sites (tertiary alicyclic amines) is 1. The fraction of sp³-hybridized carbons (Fsp3) is 0.778. The molecule has 1 aliphatic rings. The molecule has 5 heteroatoms. The van der Waals surface area contributed by atoms with Gasteiger partial charge in [-0.1, -0.05) is 0 Å². The molecule has 1 aliphatic heterocycles. The molecule has 0 spiro atoms. The monoisotopic (exact) mass is 218 g/mol. The van der Waals surface area contributed by atoms with Crippen molar-refractivity contribution in [2.45, 2.75) is 19.3 Å². The molecule has 0 aromatic heterocycles. The molecule has 0 aromatic rings. The van der Waals surface area contributed by atoms with Crippen LogP contribution >= 0.6 is 11.6 Å². The van der Waals surface area contributed by atoms with Gasteiger partial charge in [0.2, 0.25) is 11.8 Å². The Morgan fingerprint density at radius 3 is 2.79 bits per heavy atom. The summed E-state index contributed by atoms with van der Waals surface area (Å²) in [5.74, 6) is -0.140. The Balaban J connectivity index is 2.47. The first kappa shape index (κ1) is 11.3. The van der Waals surface area contributed by atoms with E-state index in [0.717, 1.165) is 19.4 Å². The zero-order valence-electron chi connectivity index (χ0n) is 8.04. The van der Waals surface area contributed by atoms with Gasteiger partial charge in [-0.15, -0.1) is 11.6 Å². The van der Waals surface area contributed by atoms with Crippen molar-refractivity contribution >= 4 is 23.4 Å². The van der Waals surface area contributed by atoms with Gasteiger partial charge in [-0.05, 0) is 12.8 Å². The van der Waals surface area contributed by atoms with E-state index < -0.39 is 0 Å². The van der Waals surface area contributed by atoms with Crippen molar-refractivity contribution in [3.8, 4) is 0 Å². The predicted octanol–water partition coefficient (Wildman–Crippen LogP) is 0.339. The molecule has 1 heterocycles. The van der Waals surface area contributed by atoms with Gasteiger partial charge < -0.3 is 10.6 Å². The summed E-state index contributed by atoms with van der Waals surface area (Å²) in [6.07, 6.45) is 1.98. The molecule has 0 saturated carbocycles. The minimum absolute atomic E-state index is 0.0194. The van der Waals surface area contributed by atoms with Gasteiger partial charge in [-0.25, -0.2) is 0 Å². The summed E-state index contributed by atoms with van der Waals surface area (Å²) in [6.45, 7) is 1.19. The fourth-order valence-electron chi connectivity index (χ4n) is 1.67. The lowest BCUT2D eigenvalue weighted by Gasteiger charge is -2.31. The van der Waals surface area contributed by atoms with Crippen molar-refractivity contribution in [2.24, 2.45) is 11.7 Å². The number of rotatable bonds is 3. The van der Waals surface area contributed by atoms with E-state index in [1.165, 1.54) is 0 Å². The Labute approximate surface area is 88.4 Å². The summed E-state index contributed by atoms with van der Waals surface area (Å²) in [4.78, 5) is 24.1. The van der Waals surface area contributed by atoms with Crippen LogP contribution in [0.25, 0.3) is 0 Å². The van der Waals surface area contributed by atoms with E-state index in [1.807, 2.05) is 0 Å². The summed E-state index contributed by atoms with van der Waals surface area (Å²) in [5.41, 5.74) is 5.20. The topological polar surface area (TPSA) is 63.4 Å². The molecule has 0 aliphatic carbocycles. The lowest BCUT2D eigenvalue weighted by Crippen LogP contribution is -2.44. The highest BCUT2D eigenvalue weighted by molar-refractivity contribution is 6.18. The molecule has 80 valence electrons. The van der Waals surface area contributed by atoms with Gasteiger partial charge in [0.15, 0.2) is 0 Å². The van der Waals surface area contributed by atoms with Gasteiger partial charge in [0.1, 0.15) is 0 Å². The second-order valence-electron chi connectivity index (χ2n) is 3.52. The first-order valence-corrected chi connectivity index (χ1v) is 5.31. The van der Waals surface area contributed by atoms with Crippen molar-refractivity contribution in [3.05, 3.63) is 0 Å². The van der Waals surface area contributed by atoms with Crippen molar-refractivity contribution in [3.63, 3.8) is 0 Å². The van der Waals surface area contributed by atoms with Crippen LogP contribution in [-0.2, 0) is 9.59 Å². The van der Waals surface area contributed by atoms with Crippen LogP contribution in [0, 0.1) is 5.92 Å². The number of hydrogen-bond acceptors (Lipinski definition) is 2. The summed E-state index contributed by atoms with van der Waals surface area (Å²) >= 11 is 5.48. The normalized spacial score (nSPS) is 22.1. The number of primary amides is 1. The molecule has 1 saturated heterocycles. The fourth-order valence-corrected chi connectivity index (χ4v) is 1.84. The van der Waals surface area contributed by atoms with Gasteiger partial charge in [0, 0.05) is 25.4 Å². The van der Waals surface area contributed by atoms with E-state index in [2.05, 4.69) is 0 Å². The minimum Gasteiger partial charge on any atom is -0.369 e. The average Bonchev–Trinajstić information content (AvgIpc) is 2.18. The van der Waals surface area contributed by atoms with Crippen LogP contribution < -0.4 is 5.73 Å². The van der Waals surface area contributed by atoms with E-state index in [4.69, 9.17) is 17.3 Å². The Morgan fingerprint density at radius 1 is 1.50 bits per heavy atom. The highest BCUT2D eigenvalue weighted by atomic mass is 35.5. The van der Waals surface area contributed by atoms with Crippen molar-refractivity contribution in [1.82, 2.24) is 4.90 Å². The first-order chi connectivity index (χ1) is 6.65. The lowest BCUT2D eigenvalue weighted by molar-refractivity contribution is -0.134. The quantitative estimate of drug-likeness (QED) is 0.695. The van der Waals surface area contributed by atoms with Gasteiger partial charge in [0.25, 0.3) is 0 Å². The number of carbonyl (C=O) groups is 2. The molecule has 1 atom stereocenters. The van der Waals surface area contributed by atoms with E-state index in [-0.39, 0.29) is 17.7 Å². The number of hydrogen-bond donors (Lipinski definition) is 1. The first-order valence-electron chi connectivity index (χ1n) is 4.78. The number of piperidine rings is 1. The Bertz CT molecular complexity index is 233. The van der Waals surface area contributed by atoms with E-state index >= 15 is 0 Å². The molecule has 1 rings (SSSR count). The van der Waals surface area contributed by atoms with Gasteiger partial charge >= 0.3 is 0 Å². The largest absolute Gasteiger partial charge is 0.369 e. The smallest absolute Gasteiger partial charge is 0.223 e. The molecular formula is C9H15ClN2O2. The Kier molecular flexibility index (Phi) is 4.20. The SMILES string of the molecule is NC(=O)C1CCCN(C(=O)CCCl)C1. The van der Waals surface area contributed by atoms with E-state index in [9.17, 15) is 9.59 Å². The maximum absolute atomic E-state index is 11.5. The number of alkyl halides is 1. The second kappa shape index (κ2) is 5.20. The van der Waals surface area contributed by atoms with Crippen LogP contribution in [0.5, 0.6) is 0 Å². The van der Waals surface area contributed by atoms with Gasteiger partial charge in [0.05, 0.1) is 5.92 Å². The minimum atomic E-state index is -0.312. The molecule has 1 unspecified atom stereocenters. The van der Waals surface area contributed by atoms with Crippen molar-refractivity contribution in [1.29, 1.82) is 0 Å². The second-order valence-corrected chi connectivity index (χ2v) is 3.90. The maximum Gasteiger partial charge on any atom is 0.223 e. The Hall–Kier alpha value is -0.770. The van der Waals surface area contributed by atoms with Gasteiger partial charge in [-0.2, -0.15) is 0 Å². The number of carbonyl (C=O) groups excluding carboxylic acids is 2. The third kappa shape index (κ3) is 2.87. The lowest BCUT2D eigenvalue weighted by atomic mass is 9.97. The molecule has 2 amide bonds. The third-order valence-electron chi connectivity index (χ3n) is 2.48. The third-order valence-corrected chi connectivity index (χ3v) is 2.67. The van der Waals surface area contributed by atoms with Crippen molar-refractivity contribution in [2.75, 3.05) is 19.0 Å². The molecule has 0 radical (unpaired) electrons. The summed E-state index contributed by atoms with van der Waals surface area (Å²) in [6, 6.07) is 0. The number of nitrogens with two attached hydrogens (primary N) is 1. The number of halogens is 1. The molecule has 2 N–H and O–H groups in total. The highest BCUT2D eigenvalue weighted by Gasteiger charge is 2.26. The summed E-state index contributed by atoms with van der Waals surface area (Å²) in [5, 5.41) is 0. The van der Waals surface area contributed by atoms with Crippen LogP contribution in [0.4, 0.5) is 0 Å². The molecule has 0 aromatic carbocycles. The van der Waals surface area contributed by atoms with Crippen LogP contribution in [0.3, 0.4) is 0 Å². The zero-order valence-corrected chi connectivity index (χ0v) is 8.79.